The number of thiophene rings is 2. The van der Waals surface area contributed by atoms with Crippen molar-refractivity contribution in [1.82, 2.24) is 5.32 Å². The molecule has 2 bridgehead atoms. The van der Waals surface area contributed by atoms with Crippen LogP contribution in [0.15, 0.2) is 65.4 Å². The molecule has 2 N–H and O–H groups in total. The van der Waals surface area contributed by atoms with Gasteiger partial charge in [0.25, 0.3) is 5.91 Å². The second kappa shape index (κ2) is 12.8. The second-order valence-corrected chi connectivity index (χ2v) is 12.0. The van der Waals surface area contributed by atoms with Crippen molar-refractivity contribution in [2.45, 2.75) is 37.3 Å². The number of amides is 1. The monoisotopic (exact) mass is 596 g/mol. The largest absolute Gasteiger partial charge is 0.542 e. The van der Waals surface area contributed by atoms with Crippen LogP contribution in [0.5, 0.6) is 0 Å². The fourth-order valence-corrected chi connectivity index (χ4v) is 7.11. The van der Waals surface area contributed by atoms with Gasteiger partial charge >= 0.3 is 6.18 Å². The van der Waals surface area contributed by atoms with Gasteiger partial charge in [0, 0.05) is 12.8 Å². The molecule has 5 heterocycles. The van der Waals surface area contributed by atoms with Crippen molar-refractivity contribution in [3.63, 3.8) is 0 Å². The van der Waals surface area contributed by atoms with E-state index in [0.29, 0.717) is 28.9 Å². The zero-order valence-corrected chi connectivity index (χ0v) is 23.3. The summed E-state index contributed by atoms with van der Waals surface area (Å²) in [5.74, 6) is -2.83. The molecule has 0 unspecified atom stereocenters. The lowest BCUT2D eigenvalue weighted by atomic mass is 9.81. The molecule has 0 spiro atoms. The third-order valence-electron chi connectivity index (χ3n) is 7.56. The van der Waals surface area contributed by atoms with E-state index in [0.717, 1.165) is 43.5 Å². The van der Waals surface area contributed by atoms with Crippen LogP contribution in [0.1, 0.15) is 28.2 Å². The van der Waals surface area contributed by atoms with Crippen molar-refractivity contribution >= 4 is 34.6 Å². The van der Waals surface area contributed by atoms with Gasteiger partial charge in [0.2, 0.25) is 5.60 Å². The van der Waals surface area contributed by atoms with E-state index >= 15 is 0 Å². The first-order chi connectivity index (χ1) is 19.0. The van der Waals surface area contributed by atoms with Crippen LogP contribution >= 0.6 is 22.7 Å². The lowest BCUT2D eigenvalue weighted by Crippen LogP contribution is -2.68. The summed E-state index contributed by atoms with van der Waals surface area (Å²) in [6, 6.07) is 17.8. The van der Waals surface area contributed by atoms with Crippen LogP contribution in [0, 0.1) is 5.92 Å². The van der Waals surface area contributed by atoms with Crippen LogP contribution < -0.4 is 10.4 Å². The van der Waals surface area contributed by atoms with Crippen molar-refractivity contribution in [1.29, 1.82) is 0 Å². The van der Waals surface area contributed by atoms with Crippen molar-refractivity contribution in [3.05, 3.63) is 80.7 Å². The summed E-state index contributed by atoms with van der Waals surface area (Å²) in [7, 11) is 0. The Morgan fingerprint density at radius 1 is 1.00 bits per heavy atom. The van der Waals surface area contributed by atoms with Gasteiger partial charge < -0.3 is 29.5 Å². The molecule has 3 saturated heterocycles. The maximum absolute atomic E-state index is 13.5. The molecule has 1 aromatic carbocycles. The highest BCUT2D eigenvalue weighted by Gasteiger charge is 2.49. The summed E-state index contributed by atoms with van der Waals surface area (Å²) < 4.78 is 38.5. The number of hydrogen-bond donors (Lipinski definition) is 2. The van der Waals surface area contributed by atoms with Gasteiger partial charge in [-0.15, -0.1) is 22.7 Å². The molecule has 2 aromatic heterocycles. The maximum Gasteiger partial charge on any atom is 0.430 e. The molecule has 3 aliphatic heterocycles. The van der Waals surface area contributed by atoms with Gasteiger partial charge in [-0.3, -0.25) is 4.79 Å². The molecule has 6 rings (SSSR count). The molecule has 7 nitrogen and oxygen atoms in total. The predicted molar refractivity (Wildman–Crippen MR) is 143 cm³/mol. The number of nitrogens with one attached hydrogen (secondary N) is 1. The average Bonchev–Trinajstić information content (AvgIpc) is 3.68. The Hall–Kier alpha value is -2.77. The lowest BCUT2D eigenvalue weighted by Gasteiger charge is -2.53. The van der Waals surface area contributed by atoms with Gasteiger partial charge in [0.1, 0.15) is 12.5 Å². The highest BCUT2D eigenvalue weighted by Crippen LogP contribution is 2.38. The van der Waals surface area contributed by atoms with Gasteiger partial charge in [-0.2, -0.15) is 13.2 Å². The van der Waals surface area contributed by atoms with Crippen molar-refractivity contribution in [3.8, 4) is 0 Å². The SMILES string of the molecule is O=C(N[C@H]1C[N+]2(CCOCc3ccccc3)CCC1CC2)C(O)(c1cccs1)c1cccs1.O=C([O-])C(F)(F)F. The molecule has 216 valence electrons. The first-order valence-corrected chi connectivity index (χ1v) is 14.7. The minimum atomic E-state index is -5.19. The number of aliphatic hydroxyl groups is 1. The number of nitrogens with zero attached hydrogens (tertiary/aromatic N) is 1. The number of ether oxygens (including phenoxy) is 1. The first kappa shape index (κ1) is 30.2. The average molecular weight is 597 g/mol. The summed E-state index contributed by atoms with van der Waals surface area (Å²) in [6.45, 7) is 5.52. The minimum absolute atomic E-state index is 0.0839. The number of carboxylic acid groups (broad SMARTS) is 1. The van der Waals surface area contributed by atoms with Crippen LogP contribution in [0.2, 0.25) is 0 Å². The van der Waals surface area contributed by atoms with Gasteiger partial charge in [-0.05, 0) is 34.4 Å². The van der Waals surface area contributed by atoms with Gasteiger partial charge in [0.05, 0.1) is 48.6 Å². The van der Waals surface area contributed by atoms with Crippen LogP contribution in [-0.2, 0) is 26.5 Å². The Morgan fingerprint density at radius 3 is 2.08 bits per heavy atom. The Labute approximate surface area is 238 Å². The molecule has 3 fully saturated rings. The summed E-state index contributed by atoms with van der Waals surface area (Å²) in [5.41, 5.74) is -0.431. The smallest absolute Gasteiger partial charge is 0.430 e. The van der Waals surface area contributed by atoms with Gasteiger partial charge in [-0.25, -0.2) is 0 Å². The van der Waals surface area contributed by atoms with E-state index in [1.54, 1.807) is 0 Å². The van der Waals surface area contributed by atoms with Crippen LogP contribution in [-0.4, -0.2) is 66.5 Å². The van der Waals surface area contributed by atoms with E-state index in [2.05, 4.69) is 17.4 Å². The quantitative estimate of drug-likeness (QED) is 0.292. The fourth-order valence-electron chi connectivity index (χ4n) is 5.37. The summed E-state index contributed by atoms with van der Waals surface area (Å²) in [5, 5.41) is 27.5. The molecule has 3 aromatic rings. The predicted octanol–water partition coefficient (Wildman–Crippen LogP) is 3.29. The molecule has 0 radical (unpaired) electrons. The van der Waals surface area contributed by atoms with Gasteiger partial charge in [0.15, 0.2) is 0 Å². The second-order valence-electron chi connectivity index (χ2n) is 10.1. The third kappa shape index (κ3) is 7.10. The van der Waals surface area contributed by atoms with E-state index in [9.17, 15) is 23.1 Å². The van der Waals surface area contributed by atoms with Crippen molar-refractivity contribution in [2.75, 3.05) is 32.8 Å². The van der Waals surface area contributed by atoms with Crippen LogP contribution in [0.3, 0.4) is 0 Å². The summed E-state index contributed by atoms with van der Waals surface area (Å²) in [4.78, 5) is 23.7. The van der Waals surface area contributed by atoms with E-state index in [1.165, 1.54) is 28.2 Å². The molecular weight excluding hydrogens is 565 g/mol. The Kier molecular flexibility index (Phi) is 9.68. The van der Waals surface area contributed by atoms with Crippen molar-refractivity contribution < 1.29 is 42.2 Å². The fraction of sp³-hybridized carbons (Fsp3) is 0.429. The normalized spacial score (nSPS) is 22.3. The number of carbonyl (C=O) groups is 2. The zero-order chi connectivity index (χ0) is 28.8. The summed E-state index contributed by atoms with van der Waals surface area (Å²) in [6.07, 6.45) is -2.97. The number of quaternary nitrogens is 1. The Balaban J connectivity index is 0.000000470. The number of benzene rings is 1. The molecule has 40 heavy (non-hydrogen) atoms. The number of carbonyl (C=O) groups excluding carboxylic acids is 2. The Morgan fingerprint density at radius 2 is 1.57 bits per heavy atom. The third-order valence-corrected chi connectivity index (χ3v) is 9.51. The van der Waals surface area contributed by atoms with Gasteiger partial charge in [-0.1, -0.05) is 42.5 Å². The molecule has 12 heteroatoms. The number of hydrogen-bond acceptors (Lipinski definition) is 7. The number of halogens is 3. The zero-order valence-electron chi connectivity index (χ0n) is 21.6. The summed E-state index contributed by atoms with van der Waals surface area (Å²) >= 11 is 2.84. The lowest BCUT2D eigenvalue weighted by molar-refractivity contribution is -0.944. The molecular formula is C28H31F3N2O5S2. The number of piperidine rings is 3. The first-order valence-electron chi connectivity index (χ1n) is 12.9. The number of aliphatic carboxylic acids is 1. The van der Waals surface area contributed by atoms with E-state index < -0.39 is 17.7 Å². The van der Waals surface area contributed by atoms with E-state index in [-0.39, 0.29) is 11.9 Å². The standard InChI is InChI=1S/C26H30N2O3S2.C2HF3O2/c29-25(26(30,23-8-4-16-32-23)24-9-5-17-33-24)27-22-18-28(12-10-21(22)11-13-28)14-15-31-19-20-6-2-1-3-7-20;3-2(4,5)1(6)7/h1-9,16-17,21-22,30H,10-15,18-19H2;(H,6,7)/t21?,22-,28?;/m0./s1. The maximum atomic E-state index is 13.5. The molecule has 1 atom stereocenters. The van der Waals surface area contributed by atoms with Crippen LogP contribution in [0.25, 0.3) is 0 Å². The molecule has 1 amide bonds. The van der Waals surface area contributed by atoms with Crippen molar-refractivity contribution in [2.24, 2.45) is 5.92 Å². The van der Waals surface area contributed by atoms with E-state index in [4.69, 9.17) is 14.6 Å². The molecule has 0 aliphatic carbocycles. The molecule has 3 aliphatic rings. The highest BCUT2D eigenvalue weighted by molar-refractivity contribution is 7.12. The minimum Gasteiger partial charge on any atom is -0.542 e. The highest BCUT2D eigenvalue weighted by atomic mass is 32.1. The van der Waals surface area contributed by atoms with Crippen LogP contribution in [0.4, 0.5) is 13.2 Å². The van der Waals surface area contributed by atoms with E-state index in [1.807, 2.05) is 53.2 Å². The Bertz CT molecular complexity index is 1190. The number of alkyl halides is 3. The number of rotatable bonds is 9. The molecule has 0 saturated carbocycles. The number of carboxylic acids is 1. The topological polar surface area (TPSA) is 98.7 Å². The number of fused-ring (bicyclic) bond motifs is 3.